The minimum atomic E-state index is -0.330. The molecule has 2 rings (SSSR count). The molecule has 0 radical (unpaired) electrons. The second-order valence-corrected chi connectivity index (χ2v) is 5.03. The fraction of sp³-hybridized carbons (Fsp3) is 0.400. The van der Waals surface area contributed by atoms with Gasteiger partial charge in [-0.1, -0.05) is 12.1 Å². The van der Waals surface area contributed by atoms with Gasteiger partial charge in [0.15, 0.2) is 0 Å². The van der Waals surface area contributed by atoms with E-state index in [1.807, 2.05) is 0 Å². The molecule has 1 atom stereocenters. The predicted octanol–water partition coefficient (Wildman–Crippen LogP) is 1.54. The van der Waals surface area contributed by atoms with Gasteiger partial charge in [-0.15, -0.1) is 0 Å². The van der Waals surface area contributed by atoms with Gasteiger partial charge in [0.2, 0.25) is 17.7 Å². The van der Waals surface area contributed by atoms with Crippen LogP contribution in [-0.2, 0) is 14.4 Å². The Hall–Kier alpha value is -2.24. The van der Waals surface area contributed by atoms with Crippen LogP contribution in [0.5, 0.6) is 0 Å². The highest BCUT2D eigenvalue weighted by Gasteiger charge is 2.28. The number of rotatable bonds is 5. The van der Waals surface area contributed by atoms with Crippen molar-refractivity contribution in [2.24, 2.45) is 0 Å². The van der Waals surface area contributed by atoms with E-state index >= 15 is 0 Å². The summed E-state index contributed by atoms with van der Waals surface area (Å²) in [6.45, 7) is 1.90. The Morgan fingerprint density at radius 2 is 1.81 bits per heavy atom. The number of nitrogens with one attached hydrogen (secondary N) is 1. The number of nitrogens with zero attached hydrogens (tertiary/aromatic N) is 1. The average Bonchev–Trinajstić information content (AvgIpc) is 2.76. The summed E-state index contributed by atoms with van der Waals surface area (Å²) in [6, 6.07) is 5.61. The van der Waals surface area contributed by atoms with Crippen LogP contribution >= 0.6 is 0 Å². The topological polar surface area (TPSA) is 66.5 Å². The molecule has 1 unspecified atom stereocenters. The highest BCUT2D eigenvalue weighted by molar-refractivity contribution is 6.02. The van der Waals surface area contributed by atoms with E-state index in [9.17, 15) is 18.8 Å². The van der Waals surface area contributed by atoms with Crippen LogP contribution in [0.3, 0.4) is 0 Å². The van der Waals surface area contributed by atoms with E-state index in [1.165, 1.54) is 12.1 Å². The summed E-state index contributed by atoms with van der Waals surface area (Å²) in [6.07, 6.45) is 0.530. The molecule has 0 saturated carbocycles. The number of carbonyl (C=O) groups is 3. The van der Waals surface area contributed by atoms with Crippen molar-refractivity contribution >= 4 is 17.7 Å². The first-order valence-corrected chi connectivity index (χ1v) is 6.85. The third-order valence-electron chi connectivity index (χ3n) is 3.46. The van der Waals surface area contributed by atoms with Crippen LogP contribution in [-0.4, -0.2) is 29.2 Å². The average molecular weight is 292 g/mol. The van der Waals surface area contributed by atoms with Gasteiger partial charge < -0.3 is 5.32 Å². The molecule has 1 fully saturated rings. The van der Waals surface area contributed by atoms with Crippen molar-refractivity contribution in [2.75, 3.05) is 6.54 Å². The van der Waals surface area contributed by atoms with Crippen LogP contribution < -0.4 is 5.32 Å². The molecule has 1 heterocycles. The number of halogens is 1. The molecule has 1 aliphatic heterocycles. The molecule has 0 aliphatic carbocycles. The third kappa shape index (κ3) is 3.87. The van der Waals surface area contributed by atoms with Gasteiger partial charge in [-0.2, -0.15) is 0 Å². The molecule has 112 valence electrons. The van der Waals surface area contributed by atoms with E-state index in [0.29, 0.717) is 0 Å². The molecule has 21 heavy (non-hydrogen) atoms. The van der Waals surface area contributed by atoms with Crippen molar-refractivity contribution < 1.29 is 18.8 Å². The van der Waals surface area contributed by atoms with Crippen LogP contribution in [0.2, 0.25) is 0 Å². The first-order chi connectivity index (χ1) is 9.97. The predicted molar refractivity (Wildman–Crippen MR) is 73.5 cm³/mol. The van der Waals surface area contributed by atoms with Crippen LogP contribution in [0.1, 0.15) is 37.8 Å². The summed E-state index contributed by atoms with van der Waals surface area (Å²) in [4.78, 5) is 35.8. The van der Waals surface area contributed by atoms with Crippen molar-refractivity contribution in [1.29, 1.82) is 0 Å². The largest absolute Gasteiger partial charge is 0.350 e. The number of hydrogen-bond acceptors (Lipinski definition) is 3. The van der Waals surface area contributed by atoms with Crippen molar-refractivity contribution in [3.63, 3.8) is 0 Å². The fourth-order valence-electron chi connectivity index (χ4n) is 2.23. The maximum absolute atomic E-state index is 12.8. The summed E-state index contributed by atoms with van der Waals surface area (Å²) in [5.74, 6) is -1.03. The second-order valence-electron chi connectivity index (χ2n) is 5.03. The Bertz CT molecular complexity index is 541. The highest BCUT2D eigenvalue weighted by Crippen LogP contribution is 2.14. The standard InChI is InChI=1S/C15H17FN2O3/c1-10(11-2-4-12(16)5-3-11)17-13(19)8-9-18-14(20)6-7-15(18)21/h2-5,10H,6-9H2,1H3,(H,17,19). The molecular formula is C15H17FN2O3. The molecule has 3 amide bonds. The zero-order valence-corrected chi connectivity index (χ0v) is 11.8. The third-order valence-corrected chi connectivity index (χ3v) is 3.46. The van der Waals surface area contributed by atoms with Crippen molar-refractivity contribution in [3.05, 3.63) is 35.6 Å². The Kier molecular flexibility index (Phi) is 4.67. The maximum atomic E-state index is 12.8. The van der Waals surface area contributed by atoms with Gasteiger partial charge in [-0.05, 0) is 24.6 Å². The lowest BCUT2D eigenvalue weighted by Gasteiger charge is -2.16. The van der Waals surface area contributed by atoms with Crippen LogP contribution in [0.25, 0.3) is 0 Å². The molecule has 1 saturated heterocycles. The Balaban J connectivity index is 1.83. The van der Waals surface area contributed by atoms with E-state index in [0.717, 1.165) is 10.5 Å². The molecule has 6 heteroatoms. The van der Waals surface area contributed by atoms with Crippen molar-refractivity contribution in [1.82, 2.24) is 10.2 Å². The fourth-order valence-corrected chi connectivity index (χ4v) is 2.23. The summed E-state index contributed by atoms with van der Waals surface area (Å²) < 4.78 is 12.8. The van der Waals surface area contributed by atoms with Gasteiger partial charge in [0.1, 0.15) is 5.82 Å². The number of likely N-dealkylation sites (tertiary alicyclic amines) is 1. The van der Waals surface area contributed by atoms with E-state index in [1.54, 1.807) is 19.1 Å². The second kappa shape index (κ2) is 6.47. The number of carbonyl (C=O) groups excluding carboxylic acids is 3. The minimum Gasteiger partial charge on any atom is -0.350 e. The van der Waals surface area contributed by atoms with Crippen molar-refractivity contribution in [3.8, 4) is 0 Å². The van der Waals surface area contributed by atoms with Gasteiger partial charge in [-0.25, -0.2) is 4.39 Å². The summed E-state index contributed by atoms with van der Waals surface area (Å²) in [5, 5.41) is 2.76. The number of hydrogen-bond donors (Lipinski definition) is 1. The molecule has 0 bridgehead atoms. The first kappa shape index (κ1) is 15.2. The molecule has 5 nitrogen and oxygen atoms in total. The van der Waals surface area contributed by atoms with E-state index in [2.05, 4.69) is 5.32 Å². The van der Waals surface area contributed by atoms with E-state index in [-0.39, 0.29) is 55.4 Å². The number of imide groups is 1. The lowest BCUT2D eigenvalue weighted by atomic mass is 10.1. The molecule has 1 aliphatic rings. The first-order valence-electron chi connectivity index (χ1n) is 6.85. The van der Waals surface area contributed by atoms with Gasteiger partial charge in [0.25, 0.3) is 0 Å². The number of benzene rings is 1. The Morgan fingerprint density at radius 3 is 2.38 bits per heavy atom. The van der Waals surface area contributed by atoms with Crippen molar-refractivity contribution in [2.45, 2.75) is 32.2 Å². The van der Waals surface area contributed by atoms with Crippen LogP contribution in [0.15, 0.2) is 24.3 Å². The molecule has 1 aromatic carbocycles. The van der Waals surface area contributed by atoms with Gasteiger partial charge in [0, 0.05) is 25.8 Å². The monoisotopic (exact) mass is 292 g/mol. The Morgan fingerprint density at radius 1 is 1.24 bits per heavy atom. The lowest BCUT2D eigenvalue weighted by molar-refractivity contribution is -0.138. The van der Waals surface area contributed by atoms with Crippen LogP contribution in [0.4, 0.5) is 4.39 Å². The Labute approximate surface area is 122 Å². The van der Waals surface area contributed by atoms with E-state index in [4.69, 9.17) is 0 Å². The van der Waals surface area contributed by atoms with Gasteiger partial charge in [0.05, 0.1) is 6.04 Å². The molecule has 0 aromatic heterocycles. The SMILES string of the molecule is CC(NC(=O)CCN1C(=O)CCC1=O)c1ccc(F)cc1. The number of amides is 3. The van der Waals surface area contributed by atoms with Crippen LogP contribution in [0, 0.1) is 5.82 Å². The smallest absolute Gasteiger partial charge is 0.229 e. The lowest BCUT2D eigenvalue weighted by Crippen LogP contribution is -2.34. The molecule has 0 spiro atoms. The normalized spacial score (nSPS) is 16.2. The van der Waals surface area contributed by atoms with Gasteiger partial charge >= 0.3 is 0 Å². The summed E-state index contributed by atoms with van der Waals surface area (Å²) >= 11 is 0. The summed E-state index contributed by atoms with van der Waals surface area (Å²) in [5.41, 5.74) is 0.790. The maximum Gasteiger partial charge on any atom is 0.229 e. The molecule has 1 aromatic rings. The quantitative estimate of drug-likeness (QED) is 0.837. The zero-order valence-electron chi connectivity index (χ0n) is 11.8. The summed E-state index contributed by atoms with van der Waals surface area (Å²) in [7, 11) is 0. The highest BCUT2D eigenvalue weighted by atomic mass is 19.1. The van der Waals surface area contributed by atoms with E-state index < -0.39 is 0 Å². The minimum absolute atomic E-state index is 0.0724. The zero-order chi connectivity index (χ0) is 15.4. The molecular weight excluding hydrogens is 275 g/mol. The molecule has 1 N–H and O–H groups in total. The van der Waals surface area contributed by atoms with Gasteiger partial charge in [-0.3, -0.25) is 19.3 Å².